The molecule has 0 aliphatic carbocycles. The van der Waals surface area contributed by atoms with Crippen molar-refractivity contribution < 1.29 is 29.2 Å². The zero-order chi connectivity index (χ0) is 18.5. The Morgan fingerprint density at radius 1 is 1.00 bits per heavy atom. The largest absolute Gasteiger partial charge is 0.453 e. The molecule has 2 aromatic carbocycles. The van der Waals surface area contributed by atoms with Gasteiger partial charge in [-0.25, -0.2) is 4.79 Å². The monoisotopic (exact) mass is 358 g/mol. The molecular formula is C20H22O6. The van der Waals surface area contributed by atoms with E-state index in [1.54, 1.807) is 37.3 Å². The van der Waals surface area contributed by atoms with Gasteiger partial charge in [0.15, 0.2) is 12.4 Å². The van der Waals surface area contributed by atoms with Crippen molar-refractivity contribution >= 4 is 5.97 Å². The quantitative estimate of drug-likeness (QED) is 0.794. The van der Waals surface area contributed by atoms with Gasteiger partial charge in [-0.15, -0.1) is 0 Å². The van der Waals surface area contributed by atoms with Crippen molar-refractivity contribution in [3.05, 3.63) is 71.8 Å². The second-order valence-electron chi connectivity index (χ2n) is 6.22. The lowest BCUT2D eigenvalue weighted by atomic mass is 9.99. The van der Waals surface area contributed by atoms with Crippen molar-refractivity contribution in [1.82, 2.24) is 0 Å². The first-order valence-electron chi connectivity index (χ1n) is 8.49. The number of aliphatic hydroxyl groups is 2. The summed E-state index contributed by atoms with van der Waals surface area (Å²) < 4.78 is 16.5. The van der Waals surface area contributed by atoms with Crippen LogP contribution in [0, 0.1) is 0 Å². The number of hydrogen-bond donors (Lipinski definition) is 2. The standard InChI is InChI=1S/C20H22O6/c1-13-17(26-19(22)15-10-6-3-7-11-15)16(21)18(20(23)25-13)24-12-14-8-4-2-5-9-14/h2-11,13,16-18,20-21,23H,12H2,1H3/t13-,16+,17+,18-,20+/m0/s1. The van der Waals surface area contributed by atoms with Gasteiger partial charge >= 0.3 is 5.97 Å². The maximum absolute atomic E-state index is 12.3. The van der Waals surface area contributed by atoms with Crippen LogP contribution >= 0.6 is 0 Å². The predicted molar refractivity (Wildman–Crippen MR) is 93.2 cm³/mol. The first-order valence-corrected chi connectivity index (χ1v) is 8.49. The topological polar surface area (TPSA) is 85.2 Å². The van der Waals surface area contributed by atoms with Gasteiger partial charge in [0.25, 0.3) is 0 Å². The summed E-state index contributed by atoms with van der Waals surface area (Å²) in [6.45, 7) is 1.82. The average molecular weight is 358 g/mol. The third kappa shape index (κ3) is 4.28. The van der Waals surface area contributed by atoms with Gasteiger partial charge < -0.3 is 24.4 Å². The molecule has 0 amide bonds. The highest BCUT2D eigenvalue weighted by Crippen LogP contribution is 2.26. The SMILES string of the molecule is C[C@@H]1O[C@@H](O)[C@@H](OCc2ccccc2)[C@H](O)[C@@H]1OC(=O)c1ccccc1. The van der Waals surface area contributed by atoms with E-state index in [0.717, 1.165) is 5.56 Å². The molecule has 0 unspecified atom stereocenters. The van der Waals surface area contributed by atoms with Gasteiger partial charge in [-0.1, -0.05) is 48.5 Å². The van der Waals surface area contributed by atoms with Gasteiger partial charge in [0, 0.05) is 0 Å². The minimum atomic E-state index is -1.31. The molecule has 6 heteroatoms. The molecule has 3 rings (SSSR count). The van der Waals surface area contributed by atoms with Crippen molar-refractivity contribution in [3.63, 3.8) is 0 Å². The summed E-state index contributed by atoms with van der Waals surface area (Å²) in [5, 5.41) is 20.7. The second kappa shape index (κ2) is 8.42. The van der Waals surface area contributed by atoms with E-state index in [2.05, 4.69) is 0 Å². The van der Waals surface area contributed by atoms with E-state index in [0.29, 0.717) is 5.56 Å². The number of benzene rings is 2. The van der Waals surface area contributed by atoms with E-state index in [9.17, 15) is 15.0 Å². The van der Waals surface area contributed by atoms with Crippen molar-refractivity contribution in [3.8, 4) is 0 Å². The first-order chi connectivity index (χ1) is 12.6. The van der Waals surface area contributed by atoms with Crippen LogP contribution in [0.2, 0.25) is 0 Å². The first kappa shape index (κ1) is 18.5. The second-order valence-corrected chi connectivity index (χ2v) is 6.22. The summed E-state index contributed by atoms with van der Waals surface area (Å²) in [7, 11) is 0. The van der Waals surface area contributed by atoms with E-state index >= 15 is 0 Å². The van der Waals surface area contributed by atoms with Gasteiger partial charge in [-0.2, -0.15) is 0 Å². The number of carbonyl (C=O) groups is 1. The van der Waals surface area contributed by atoms with Crippen LogP contribution in [0.5, 0.6) is 0 Å². The van der Waals surface area contributed by atoms with Crippen LogP contribution in [0.1, 0.15) is 22.8 Å². The van der Waals surface area contributed by atoms with E-state index < -0.39 is 36.7 Å². The normalized spacial score (nSPS) is 28.5. The lowest BCUT2D eigenvalue weighted by Crippen LogP contribution is -2.58. The summed E-state index contributed by atoms with van der Waals surface area (Å²) in [4.78, 5) is 12.3. The molecule has 0 spiro atoms. The summed E-state index contributed by atoms with van der Waals surface area (Å²) in [5.74, 6) is -0.566. The van der Waals surface area contributed by atoms with Crippen LogP contribution in [-0.2, 0) is 20.8 Å². The van der Waals surface area contributed by atoms with Crippen molar-refractivity contribution in [2.45, 2.75) is 44.2 Å². The summed E-state index contributed by atoms with van der Waals surface area (Å²) in [6.07, 6.45) is -5.18. The molecule has 138 valence electrons. The highest BCUT2D eigenvalue weighted by Gasteiger charge is 2.45. The summed E-state index contributed by atoms with van der Waals surface area (Å²) in [6, 6.07) is 17.9. The van der Waals surface area contributed by atoms with E-state index in [4.69, 9.17) is 14.2 Å². The number of rotatable bonds is 5. The van der Waals surface area contributed by atoms with Crippen LogP contribution in [0.25, 0.3) is 0 Å². The Labute approximate surface area is 151 Å². The fraction of sp³-hybridized carbons (Fsp3) is 0.350. The van der Waals surface area contributed by atoms with Crippen molar-refractivity contribution in [2.75, 3.05) is 0 Å². The Morgan fingerprint density at radius 3 is 2.27 bits per heavy atom. The minimum absolute atomic E-state index is 0.191. The van der Waals surface area contributed by atoms with E-state index in [-0.39, 0.29) is 6.61 Å². The molecule has 6 nitrogen and oxygen atoms in total. The third-order valence-corrected chi connectivity index (χ3v) is 4.31. The lowest BCUT2D eigenvalue weighted by molar-refractivity contribution is -0.289. The van der Waals surface area contributed by atoms with Gasteiger partial charge in [-0.05, 0) is 24.6 Å². The van der Waals surface area contributed by atoms with Crippen LogP contribution in [0.4, 0.5) is 0 Å². The number of esters is 1. The Kier molecular flexibility index (Phi) is 6.00. The average Bonchev–Trinajstić information content (AvgIpc) is 2.66. The molecule has 1 heterocycles. The Hall–Kier alpha value is -2.25. The maximum atomic E-state index is 12.3. The molecule has 2 aromatic rings. The molecule has 5 atom stereocenters. The molecule has 0 aromatic heterocycles. The van der Waals surface area contributed by atoms with Crippen LogP contribution < -0.4 is 0 Å². The van der Waals surface area contributed by atoms with Crippen LogP contribution in [-0.4, -0.2) is 46.9 Å². The summed E-state index contributed by atoms with van der Waals surface area (Å²) >= 11 is 0. The Bertz CT molecular complexity index is 705. The summed E-state index contributed by atoms with van der Waals surface area (Å²) in [5.41, 5.74) is 1.27. The fourth-order valence-electron chi connectivity index (χ4n) is 2.89. The Balaban J connectivity index is 1.67. The molecule has 0 radical (unpaired) electrons. The minimum Gasteiger partial charge on any atom is -0.453 e. The molecule has 0 bridgehead atoms. The number of ether oxygens (including phenoxy) is 3. The molecule has 26 heavy (non-hydrogen) atoms. The lowest BCUT2D eigenvalue weighted by Gasteiger charge is -2.40. The van der Waals surface area contributed by atoms with Gasteiger partial charge in [-0.3, -0.25) is 0 Å². The highest BCUT2D eigenvalue weighted by atomic mass is 16.7. The Morgan fingerprint density at radius 2 is 1.62 bits per heavy atom. The van der Waals surface area contributed by atoms with Crippen LogP contribution in [0.3, 0.4) is 0 Å². The number of hydrogen-bond acceptors (Lipinski definition) is 6. The van der Waals surface area contributed by atoms with E-state index in [1.807, 2.05) is 30.3 Å². The fourth-order valence-corrected chi connectivity index (χ4v) is 2.89. The van der Waals surface area contributed by atoms with E-state index in [1.165, 1.54) is 0 Å². The van der Waals surface area contributed by atoms with Gasteiger partial charge in [0.05, 0.1) is 18.3 Å². The van der Waals surface area contributed by atoms with Gasteiger partial charge in [0.2, 0.25) is 0 Å². The zero-order valence-electron chi connectivity index (χ0n) is 14.4. The molecular weight excluding hydrogens is 336 g/mol. The molecule has 1 aliphatic rings. The third-order valence-electron chi connectivity index (χ3n) is 4.31. The molecule has 1 fully saturated rings. The van der Waals surface area contributed by atoms with Crippen LogP contribution in [0.15, 0.2) is 60.7 Å². The smallest absolute Gasteiger partial charge is 0.338 e. The number of carbonyl (C=O) groups excluding carboxylic acids is 1. The molecule has 0 saturated carbocycles. The maximum Gasteiger partial charge on any atom is 0.338 e. The number of aliphatic hydroxyl groups excluding tert-OH is 2. The molecule has 1 saturated heterocycles. The van der Waals surface area contributed by atoms with Gasteiger partial charge in [0.1, 0.15) is 12.2 Å². The molecule has 1 aliphatic heterocycles. The van der Waals surface area contributed by atoms with Crippen molar-refractivity contribution in [2.24, 2.45) is 0 Å². The van der Waals surface area contributed by atoms with Crippen molar-refractivity contribution in [1.29, 1.82) is 0 Å². The zero-order valence-corrected chi connectivity index (χ0v) is 14.4. The highest BCUT2D eigenvalue weighted by molar-refractivity contribution is 5.89. The molecule has 2 N–H and O–H groups in total. The predicted octanol–water partition coefficient (Wildman–Crippen LogP) is 1.90.